The SMILES string of the molecule is O=c1ccc2ncc(F)c3c2n1CC3(O)CN1CCC(NCc2cc3c(cn2)OCO3)CC1. The summed E-state index contributed by atoms with van der Waals surface area (Å²) in [5.74, 6) is 0.817. The van der Waals surface area contributed by atoms with Gasteiger partial charge in [-0.25, -0.2) is 4.39 Å². The van der Waals surface area contributed by atoms with E-state index in [1.54, 1.807) is 12.3 Å². The maximum atomic E-state index is 14.8. The lowest BCUT2D eigenvalue weighted by atomic mass is 9.93. The quantitative estimate of drug-likeness (QED) is 0.593. The van der Waals surface area contributed by atoms with E-state index in [1.807, 2.05) is 6.07 Å². The van der Waals surface area contributed by atoms with Gasteiger partial charge in [-0.1, -0.05) is 0 Å². The van der Waals surface area contributed by atoms with E-state index in [1.165, 1.54) is 10.6 Å². The zero-order chi connectivity index (χ0) is 22.6. The Labute approximate surface area is 188 Å². The molecule has 6 rings (SSSR count). The molecule has 0 aromatic carbocycles. The fourth-order valence-electron chi connectivity index (χ4n) is 5.16. The first-order valence-electron chi connectivity index (χ1n) is 11.1. The Morgan fingerprint density at radius 2 is 2.00 bits per heavy atom. The molecule has 1 atom stereocenters. The number of piperidine rings is 1. The molecule has 0 amide bonds. The van der Waals surface area contributed by atoms with Crippen LogP contribution in [0.4, 0.5) is 4.39 Å². The summed E-state index contributed by atoms with van der Waals surface area (Å²) < 4.78 is 26.9. The van der Waals surface area contributed by atoms with Crippen LogP contribution in [0.3, 0.4) is 0 Å². The Bertz CT molecular complexity index is 1290. The number of nitrogens with zero attached hydrogens (tertiary/aromatic N) is 4. The number of hydrogen-bond acceptors (Lipinski definition) is 8. The van der Waals surface area contributed by atoms with Gasteiger partial charge in [0.25, 0.3) is 5.56 Å². The van der Waals surface area contributed by atoms with Crippen molar-refractivity contribution in [3.05, 3.63) is 58.0 Å². The van der Waals surface area contributed by atoms with Crippen molar-refractivity contribution in [2.75, 3.05) is 26.4 Å². The Morgan fingerprint density at radius 3 is 2.85 bits per heavy atom. The van der Waals surface area contributed by atoms with Crippen molar-refractivity contribution in [3.8, 4) is 11.5 Å². The molecule has 1 unspecified atom stereocenters. The molecule has 0 aliphatic carbocycles. The highest BCUT2D eigenvalue weighted by Crippen LogP contribution is 2.38. The van der Waals surface area contributed by atoms with E-state index in [0.717, 1.165) is 43.6 Å². The Morgan fingerprint density at radius 1 is 1.18 bits per heavy atom. The molecule has 3 aliphatic heterocycles. The molecule has 0 bridgehead atoms. The molecule has 172 valence electrons. The van der Waals surface area contributed by atoms with E-state index in [9.17, 15) is 14.3 Å². The molecule has 1 saturated heterocycles. The standard InChI is InChI=1S/C23H24FN5O4/c24-16-9-27-17-1-2-20(30)29-12-23(31,21(16)22(17)29)11-28-5-3-14(4-6-28)25-8-15-7-18-19(10-26-15)33-13-32-18/h1-2,7,9-10,14,25,31H,3-6,8,11-13H2. The summed E-state index contributed by atoms with van der Waals surface area (Å²) in [4.78, 5) is 23.0. The number of aromatic nitrogens is 3. The monoisotopic (exact) mass is 453 g/mol. The summed E-state index contributed by atoms with van der Waals surface area (Å²) >= 11 is 0. The van der Waals surface area contributed by atoms with Crippen LogP contribution in [0.25, 0.3) is 11.0 Å². The maximum Gasteiger partial charge on any atom is 0.251 e. The van der Waals surface area contributed by atoms with Gasteiger partial charge >= 0.3 is 0 Å². The van der Waals surface area contributed by atoms with Gasteiger partial charge in [0.05, 0.1) is 41.2 Å². The van der Waals surface area contributed by atoms with Crippen LogP contribution in [0.15, 0.2) is 35.4 Å². The van der Waals surface area contributed by atoms with Crippen LogP contribution >= 0.6 is 0 Å². The third kappa shape index (κ3) is 3.54. The number of halogens is 1. The van der Waals surface area contributed by atoms with Gasteiger partial charge in [-0.2, -0.15) is 0 Å². The van der Waals surface area contributed by atoms with Crippen molar-refractivity contribution >= 4 is 11.0 Å². The molecule has 3 aliphatic rings. The largest absolute Gasteiger partial charge is 0.453 e. The fraction of sp³-hybridized carbons (Fsp3) is 0.435. The van der Waals surface area contributed by atoms with Crippen molar-refractivity contribution in [3.63, 3.8) is 0 Å². The lowest BCUT2D eigenvalue weighted by Crippen LogP contribution is -2.48. The summed E-state index contributed by atoms with van der Waals surface area (Å²) in [6, 6.07) is 5.20. The van der Waals surface area contributed by atoms with Crippen LogP contribution in [0.5, 0.6) is 11.5 Å². The predicted molar refractivity (Wildman–Crippen MR) is 117 cm³/mol. The van der Waals surface area contributed by atoms with Gasteiger partial charge in [-0.05, 0) is 32.0 Å². The van der Waals surface area contributed by atoms with Gasteiger partial charge in [-0.15, -0.1) is 0 Å². The molecular weight excluding hydrogens is 429 g/mol. The number of nitrogens with one attached hydrogen (secondary N) is 1. The molecule has 1 fully saturated rings. The molecule has 3 aromatic rings. The Hall–Kier alpha value is -3.08. The summed E-state index contributed by atoms with van der Waals surface area (Å²) in [6.45, 7) is 2.68. The summed E-state index contributed by atoms with van der Waals surface area (Å²) in [5.41, 5.74) is 0.267. The zero-order valence-corrected chi connectivity index (χ0v) is 18.0. The van der Waals surface area contributed by atoms with E-state index < -0.39 is 11.4 Å². The zero-order valence-electron chi connectivity index (χ0n) is 18.0. The van der Waals surface area contributed by atoms with Gasteiger partial charge in [0.1, 0.15) is 11.4 Å². The van der Waals surface area contributed by atoms with E-state index >= 15 is 0 Å². The molecule has 10 heteroatoms. The number of fused-ring (bicyclic) bond motifs is 1. The second kappa shape index (κ2) is 7.75. The van der Waals surface area contributed by atoms with Gasteiger partial charge in [0.2, 0.25) is 6.79 Å². The molecule has 0 radical (unpaired) electrons. The molecule has 33 heavy (non-hydrogen) atoms. The Kier molecular flexibility index (Phi) is 4.82. The van der Waals surface area contributed by atoms with Crippen molar-refractivity contribution in [2.45, 2.75) is 37.6 Å². The highest BCUT2D eigenvalue weighted by molar-refractivity contribution is 5.81. The third-order valence-corrected chi connectivity index (χ3v) is 6.80. The Balaban J connectivity index is 1.10. The lowest BCUT2D eigenvalue weighted by molar-refractivity contribution is -0.0159. The van der Waals surface area contributed by atoms with E-state index in [2.05, 4.69) is 20.2 Å². The van der Waals surface area contributed by atoms with Gasteiger partial charge < -0.3 is 24.5 Å². The van der Waals surface area contributed by atoms with Crippen LogP contribution in [-0.4, -0.2) is 57.0 Å². The fourth-order valence-corrected chi connectivity index (χ4v) is 5.16. The van der Waals surface area contributed by atoms with Crippen LogP contribution in [0, 0.1) is 5.82 Å². The van der Waals surface area contributed by atoms with E-state index in [-0.39, 0.29) is 31.0 Å². The minimum Gasteiger partial charge on any atom is -0.453 e. The number of aliphatic hydroxyl groups is 1. The number of ether oxygens (including phenoxy) is 2. The summed E-state index contributed by atoms with van der Waals surface area (Å²) in [7, 11) is 0. The number of β-amino-alcohol motifs (C(OH)–C–C–N with tert-alkyl or cyclic N) is 1. The van der Waals surface area contributed by atoms with Gasteiger partial charge in [0.15, 0.2) is 11.5 Å². The highest BCUT2D eigenvalue weighted by Gasteiger charge is 2.43. The highest BCUT2D eigenvalue weighted by atomic mass is 19.1. The van der Waals surface area contributed by atoms with Crippen molar-refractivity contribution in [1.82, 2.24) is 24.8 Å². The average Bonchev–Trinajstić information content (AvgIpc) is 3.40. The van der Waals surface area contributed by atoms with Gasteiger partial charge in [0, 0.05) is 31.3 Å². The first-order valence-corrected chi connectivity index (χ1v) is 11.1. The topological polar surface area (TPSA) is 102 Å². The lowest BCUT2D eigenvalue weighted by Gasteiger charge is -2.37. The first-order chi connectivity index (χ1) is 16.0. The summed E-state index contributed by atoms with van der Waals surface area (Å²) in [6.07, 6.45) is 4.59. The molecule has 3 aromatic heterocycles. The minimum atomic E-state index is -1.46. The molecule has 0 saturated carbocycles. The van der Waals surface area contributed by atoms with Crippen LogP contribution < -0.4 is 20.3 Å². The number of pyridine rings is 3. The minimum absolute atomic E-state index is 0.0368. The first kappa shape index (κ1) is 20.5. The third-order valence-electron chi connectivity index (χ3n) is 6.80. The number of likely N-dealkylation sites (tertiary alicyclic amines) is 1. The van der Waals surface area contributed by atoms with Gasteiger partial charge in [-0.3, -0.25) is 19.7 Å². The van der Waals surface area contributed by atoms with Crippen LogP contribution in [0.1, 0.15) is 24.1 Å². The summed E-state index contributed by atoms with van der Waals surface area (Å²) in [5, 5.41) is 15.0. The second-order valence-corrected chi connectivity index (χ2v) is 8.96. The second-order valence-electron chi connectivity index (χ2n) is 8.96. The molecule has 6 heterocycles. The molecule has 0 spiro atoms. The molecule has 9 nitrogen and oxygen atoms in total. The number of hydrogen-bond donors (Lipinski definition) is 2. The van der Waals surface area contributed by atoms with Crippen molar-refractivity contribution in [2.24, 2.45) is 0 Å². The predicted octanol–water partition coefficient (Wildman–Crippen LogP) is 1.11. The van der Waals surface area contributed by atoms with Crippen LogP contribution in [0.2, 0.25) is 0 Å². The van der Waals surface area contributed by atoms with Crippen molar-refractivity contribution < 1.29 is 19.0 Å². The molecular formula is C23H24FN5O4. The van der Waals surface area contributed by atoms with Crippen molar-refractivity contribution in [1.29, 1.82) is 0 Å². The van der Waals surface area contributed by atoms with E-state index in [0.29, 0.717) is 29.4 Å². The maximum absolute atomic E-state index is 14.8. The van der Waals surface area contributed by atoms with Crippen LogP contribution in [-0.2, 0) is 18.7 Å². The number of rotatable bonds is 5. The molecule has 2 N–H and O–H groups in total. The van der Waals surface area contributed by atoms with E-state index in [4.69, 9.17) is 9.47 Å². The smallest absolute Gasteiger partial charge is 0.251 e. The normalized spacial score (nSPS) is 22.4. The average molecular weight is 453 g/mol.